The number of benzene rings is 1. The first-order valence-corrected chi connectivity index (χ1v) is 7.66. The smallest absolute Gasteiger partial charge is 0.240 e. The second kappa shape index (κ2) is 6.85. The molecule has 0 atom stereocenters. The molecule has 0 unspecified atom stereocenters. The van der Waals surface area contributed by atoms with Crippen molar-refractivity contribution in [2.45, 2.75) is 6.92 Å². The number of halogens is 4. The maximum absolute atomic E-state index is 6.09. The van der Waals surface area contributed by atoms with Crippen molar-refractivity contribution in [3.63, 3.8) is 0 Å². The van der Waals surface area contributed by atoms with Gasteiger partial charge in [-0.3, -0.25) is 0 Å². The summed E-state index contributed by atoms with van der Waals surface area (Å²) in [5, 5.41) is 4.42. The molecule has 106 valence electrons. The van der Waals surface area contributed by atoms with Crippen LogP contribution in [0, 0.1) is 0 Å². The minimum absolute atomic E-state index is 0.273. The number of nitrogens with one attached hydrogen (secondary N) is 1. The number of hydrogen-bond acceptors (Lipinski definition) is 3. The number of rotatable bonds is 4. The van der Waals surface area contributed by atoms with E-state index < -0.39 is 0 Å². The summed E-state index contributed by atoms with van der Waals surface area (Å²) in [5.74, 6) is 1.36. The van der Waals surface area contributed by atoms with Crippen LogP contribution in [0.3, 0.4) is 0 Å². The summed E-state index contributed by atoms with van der Waals surface area (Å²) in [4.78, 5) is 4.27. The van der Waals surface area contributed by atoms with Crippen molar-refractivity contribution in [2.75, 3.05) is 11.9 Å². The second-order valence-corrected chi connectivity index (χ2v) is 5.92. The minimum atomic E-state index is 0.273. The summed E-state index contributed by atoms with van der Waals surface area (Å²) >= 11 is 21.4. The lowest BCUT2D eigenvalue weighted by molar-refractivity contribution is 0.461. The molecule has 0 aliphatic carbocycles. The zero-order valence-electron chi connectivity index (χ0n) is 10.4. The largest absolute Gasteiger partial charge is 0.436 e. The van der Waals surface area contributed by atoms with Crippen molar-refractivity contribution in [2.24, 2.45) is 0 Å². The predicted octanol–water partition coefficient (Wildman–Crippen LogP) is 6.03. The Morgan fingerprint density at radius 2 is 1.95 bits per heavy atom. The van der Waals surface area contributed by atoms with E-state index in [0.29, 0.717) is 37.7 Å². The van der Waals surface area contributed by atoms with Gasteiger partial charge in [0, 0.05) is 11.6 Å². The van der Waals surface area contributed by atoms with Crippen molar-refractivity contribution in [1.29, 1.82) is 0 Å². The molecule has 0 radical (unpaired) electrons. The third-order valence-electron chi connectivity index (χ3n) is 2.34. The maximum Gasteiger partial charge on any atom is 0.240 e. The molecule has 20 heavy (non-hydrogen) atoms. The molecule has 0 aliphatic heterocycles. The highest BCUT2D eigenvalue weighted by Crippen LogP contribution is 2.36. The van der Waals surface area contributed by atoms with Gasteiger partial charge in [-0.1, -0.05) is 34.8 Å². The van der Waals surface area contributed by atoms with Crippen molar-refractivity contribution in [3.05, 3.63) is 43.8 Å². The van der Waals surface area contributed by atoms with Gasteiger partial charge >= 0.3 is 0 Å². The van der Waals surface area contributed by atoms with Gasteiger partial charge in [0.2, 0.25) is 5.88 Å². The van der Waals surface area contributed by atoms with Crippen molar-refractivity contribution in [3.8, 4) is 11.6 Å². The van der Waals surface area contributed by atoms with Gasteiger partial charge in [0.25, 0.3) is 0 Å². The molecule has 1 heterocycles. The molecule has 0 aliphatic rings. The van der Waals surface area contributed by atoms with E-state index >= 15 is 0 Å². The van der Waals surface area contributed by atoms with Crippen LogP contribution in [0.1, 0.15) is 6.92 Å². The van der Waals surface area contributed by atoms with Gasteiger partial charge in [0.05, 0.1) is 9.50 Å². The lowest BCUT2D eigenvalue weighted by Crippen LogP contribution is -2.01. The second-order valence-electron chi connectivity index (χ2n) is 3.81. The van der Waals surface area contributed by atoms with Crippen LogP contribution in [0.25, 0.3) is 0 Å². The van der Waals surface area contributed by atoms with E-state index in [9.17, 15) is 0 Å². The summed E-state index contributed by atoms with van der Waals surface area (Å²) in [6.45, 7) is 2.64. The summed E-state index contributed by atoms with van der Waals surface area (Å²) in [6, 6.07) is 6.77. The maximum atomic E-state index is 6.09. The number of pyridine rings is 1. The molecule has 3 nitrogen and oxygen atoms in total. The summed E-state index contributed by atoms with van der Waals surface area (Å²) in [5.41, 5.74) is 0. The molecule has 2 aromatic rings. The zero-order chi connectivity index (χ0) is 14.7. The number of anilines is 1. The fourth-order valence-corrected chi connectivity index (χ4v) is 2.70. The van der Waals surface area contributed by atoms with Gasteiger partial charge in [-0.05, 0) is 47.1 Å². The molecule has 0 bridgehead atoms. The summed E-state index contributed by atoms with van der Waals surface area (Å²) in [6.07, 6.45) is 0. The van der Waals surface area contributed by atoms with Crippen LogP contribution in [-0.2, 0) is 0 Å². The van der Waals surface area contributed by atoms with Crippen molar-refractivity contribution < 1.29 is 4.74 Å². The molecular weight excluding hydrogens is 386 g/mol. The highest BCUT2D eigenvalue weighted by molar-refractivity contribution is 9.10. The molecule has 0 spiro atoms. The molecule has 0 saturated heterocycles. The number of nitrogens with zero attached hydrogens (tertiary/aromatic N) is 1. The first-order valence-electron chi connectivity index (χ1n) is 5.74. The SMILES string of the molecule is CCNc1nc(Oc2ccc(Cl)cc2Br)c(Cl)cc1Cl. The zero-order valence-corrected chi connectivity index (χ0v) is 14.2. The Morgan fingerprint density at radius 3 is 2.60 bits per heavy atom. The molecule has 1 N–H and O–H groups in total. The van der Waals surface area contributed by atoms with Crippen LogP contribution in [0.4, 0.5) is 5.82 Å². The topological polar surface area (TPSA) is 34.2 Å². The van der Waals surface area contributed by atoms with Crippen molar-refractivity contribution >= 4 is 56.6 Å². The molecule has 0 amide bonds. The summed E-state index contributed by atoms with van der Waals surface area (Å²) < 4.78 is 6.40. The Balaban J connectivity index is 2.35. The Morgan fingerprint density at radius 1 is 1.20 bits per heavy atom. The standard InChI is InChI=1S/C13H10BrCl3N2O/c1-2-18-12-9(16)6-10(17)13(19-12)20-11-4-3-7(15)5-8(11)14/h3-6H,2H2,1H3,(H,18,19). The average molecular weight is 396 g/mol. The highest BCUT2D eigenvalue weighted by atomic mass is 79.9. The molecule has 0 saturated carbocycles. The van der Waals surface area contributed by atoms with Crippen molar-refractivity contribution in [1.82, 2.24) is 4.98 Å². The fourth-order valence-electron chi connectivity index (χ4n) is 1.47. The third kappa shape index (κ3) is 3.70. The van der Waals surface area contributed by atoms with E-state index in [1.165, 1.54) is 0 Å². The lowest BCUT2D eigenvalue weighted by Gasteiger charge is -2.11. The molecule has 1 aromatic heterocycles. The quantitative estimate of drug-likeness (QED) is 0.685. The Hall–Kier alpha value is -0.680. The number of hydrogen-bond donors (Lipinski definition) is 1. The van der Waals surface area contributed by atoms with Gasteiger partial charge in [0.1, 0.15) is 16.6 Å². The molecule has 2 rings (SSSR count). The van der Waals surface area contributed by atoms with E-state index in [0.717, 1.165) is 0 Å². The van der Waals surface area contributed by atoms with E-state index in [-0.39, 0.29) is 5.88 Å². The van der Waals surface area contributed by atoms with Crippen LogP contribution in [0.15, 0.2) is 28.7 Å². The van der Waals surface area contributed by atoms with E-state index in [2.05, 4.69) is 26.2 Å². The Labute approximate surface area is 140 Å². The van der Waals surface area contributed by atoms with Gasteiger partial charge in [-0.15, -0.1) is 0 Å². The lowest BCUT2D eigenvalue weighted by atomic mass is 10.3. The first-order chi connectivity index (χ1) is 9.51. The van der Waals surface area contributed by atoms with E-state index in [1.807, 2.05) is 6.92 Å². The third-order valence-corrected chi connectivity index (χ3v) is 3.76. The van der Waals surface area contributed by atoms with Crippen LogP contribution < -0.4 is 10.1 Å². The van der Waals surface area contributed by atoms with Gasteiger partial charge in [0.15, 0.2) is 0 Å². The first kappa shape index (κ1) is 15.7. The fraction of sp³-hybridized carbons (Fsp3) is 0.154. The van der Waals surface area contributed by atoms with Crippen LogP contribution >= 0.6 is 50.7 Å². The molecule has 0 fully saturated rings. The Bertz CT molecular complexity index is 637. The van der Waals surface area contributed by atoms with E-state index in [4.69, 9.17) is 39.5 Å². The minimum Gasteiger partial charge on any atom is -0.436 e. The summed E-state index contributed by atoms with van der Waals surface area (Å²) in [7, 11) is 0. The van der Waals surface area contributed by atoms with Gasteiger partial charge < -0.3 is 10.1 Å². The molecule has 7 heteroatoms. The van der Waals surface area contributed by atoms with Crippen LogP contribution in [0.2, 0.25) is 15.1 Å². The van der Waals surface area contributed by atoms with Gasteiger partial charge in [-0.2, -0.15) is 4.98 Å². The number of ether oxygens (including phenoxy) is 1. The number of aromatic nitrogens is 1. The van der Waals surface area contributed by atoms with Crippen LogP contribution in [0.5, 0.6) is 11.6 Å². The molecular formula is C13H10BrCl3N2O. The molecule has 1 aromatic carbocycles. The van der Waals surface area contributed by atoms with Crippen LogP contribution in [-0.4, -0.2) is 11.5 Å². The average Bonchev–Trinajstić information content (AvgIpc) is 2.38. The predicted molar refractivity (Wildman–Crippen MR) is 87.6 cm³/mol. The monoisotopic (exact) mass is 394 g/mol. The van der Waals surface area contributed by atoms with E-state index in [1.54, 1.807) is 24.3 Å². The Kier molecular flexibility index (Phi) is 5.38. The normalized spacial score (nSPS) is 10.4. The highest BCUT2D eigenvalue weighted by Gasteiger charge is 2.12. The van der Waals surface area contributed by atoms with Gasteiger partial charge in [-0.25, -0.2) is 0 Å².